The lowest BCUT2D eigenvalue weighted by Gasteiger charge is -2.24. The molecule has 4 atom stereocenters. The highest BCUT2D eigenvalue weighted by atomic mass is 31.0. The molecule has 2 aromatic carbocycles. The molecule has 0 radical (unpaired) electrons. The second-order valence-electron chi connectivity index (χ2n) is 7.85. The van der Waals surface area contributed by atoms with Crippen molar-refractivity contribution < 1.29 is 14.6 Å². The van der Waals surface area contributed by atoms with E-state index in [2.05, 4.69) is 54.0 Å². The summed E-state index contributed by atoms with van der Waals surface area (Å²) in [6.07, 6.45) is 3.43. The summed E-state index contributed by atoms with van der Waals surface area (Å²) >= 11 is 0. The fourth-order valence-electron chi connectivity index (χ4n) is 2.99. The number of benzene rings is 2. The van der Waals surface area contributed by atoms with Crippen LogP contribution in [0.5, 0.6) is 0 Å². The van der Waals surface area contributed by atoms with E-state index in [9.17, 15) is 0 Å². The molecule has 1 saturated heterocycles. The lowest BCUT2D eigenvalue weighted by Crippen LogP contribution is -2.33. The van der Waals surface area contributed by atoms with Crippen LogP contribution in [0.25, 0.3) is 0 Å². The third-order valence-corrected chi connectivity index (χ3v) is 4.94. The second-order valence-corrected chi connectivity index (χ2v) is 7.85. The molecule has 31 heavy (non-hydrogen) atoms. The maximum atomic E-state index is 8.75. The SMILES string of the molecule is C[C@@H](CO)NCc1ccccc1.C[C@@H](COC1CCCCO1)NCc1ccccc1.[2H]P. The minimum Gasteiger partial charge on any atom is -0.395 e. The van der Waals surface area contributed by atoms with Crippen LogP contribution >= 0.6 is 9.84 Å². The van der Waals surface area contributed by atoms with E-state index in [1.165, 1.54) is 24.0 Å². The van der Waals surface area contributed by atoms with E-state index in [0.717, 1.165) is 26.1 Å². The van der Waals surface area contributed by atoms with E-state index >= 15 is 0 Å². The third-order valence-electron chi connectivity index (χ3n) is 4.94. The van der Waals surface area contributed by atoms with Crippen LogP contribution in [0.3, 0.4) is 0 Å². The Balaban J connectivity index is 0.000000318. The highest BCUT2D eigenvalue weighted by Crippen LogP contribution is 2.13. The van der Waals surface area contributed by atoms with Crippen molar-refractivity contribution in [1.29, 1.82) is 1.28 Å². The zero-order valence-electron chi connectivity index (χ0n) is 20.0. The molecule has 174 valence electrons. The Morgan fingerprint density at radius 1 is 0.968 bits per heavy atom. The van der Waals surface area contributed by atoms with Gasteiger partial charge in [0, 0.05) is 31.8 Å². The third kappa shape index (κ3) is 13.0. The Morgan fingerprint density at radius 3 is 2.00 bits per heavy atom. The Bertz CT molecular complexity index is 661. The highest BCUT2D eigenvalue weighted by molar-refractivity contribution is 6.92. The fraction of sp³-hybridized carbons (Fsp3) is 0.520. The molecule has 1 aliphatic heterocycles. The van der Waals surface area contributed by atoms with E-state index in [-0.39, 0.29) is 18.9 Å². The van der Waals surface area contributed by atoms with Gasteiger partial charge in [-0.2, -0.15) is 9.84 Å². The van der Waals surface area contributed by atoms with E-state index in [4.69, 9.17) is 15.9 Å². The number of nitrogens with one attached hydrogen (secondary N) is 2. The monoisotopic (exact) mass is 449 g/mol. The van der Waals surface area contributed by atoms with Gasteiger partial charge < -0.3 is 25.2 Å². The summed E-state index contributed by atoms with van der Waals surface area (Å²) in [5.74, 6) is 0. The summed E-state index contributed by atoms with van der Waals surface area (Å²) in [5, 5.41) is 15.4. The molecule has 3 rings (SSSR count). The van der Waals surface area contributed by atoms with Crippen molar-refractivity contribution in [3.05, 3.63) is 71.8 Å². The van der Waals surface area contributed by atoms with Gasteiger partial charge in [0.05, 0.1) is 14.5 Å². The number of aliphatic hydroxyl groups excluding tert-OH is 1. The Labute approximate surface area is 192 Å². The van der Waals surface area contributed by atoms with Gasteiger partial charge in [-0.3, -0.25) is 0 Å². The van der Waals surface area contributed by atoms with Gasteiger partial charge in [-0.1, -0.05) is 60.7 Å². The van der Waals surface area contributed by atoms with Crippen molar-refractivity contribution in [3.63, 3.8) is 0 Å². The average molecular weight is 450 g/mol. The summed E-state index contributed by atoms with van der Waals surface area (Å²) < 4.78 is 17.0. The first-order chi connectivity index (χ1) is 15.7. The lowest BCUT2D eigenvalue weighted by atomic mass is 10.2. The van der Waals surface area contributed by atoms with Gasteiger partial charge in [0.25, 0.3) is 0 Å². The Morgan fingerprint density at radius 2 is 1.52 bits per heavy atom. The molecule has 3 N–H and O–H groups in total. The van der Waals surface area contributed by atoms with E-state index in [1.54, 1.807) is 9.84 Å². The summed E-state index contributed by atoms with van der Waals surface area (Å²) in [4.78, 5) is 0. The molecule has 0 aliphatic carbocycles. The molecule has 0 amide bonds. The van der Waals surface area contributed by atoms with Crippen LogP contribution in [0.4, 0.5) is 0 Å². The van der Waals surface area contributed by atoms with E-state index in [1.807, 2.05) is 31.2 Å². The van der Waals surface area contributed by atoms with Crippen molar-refractivity contribution in [2.45, 2.75) is 64.6 Å². The van der Waals surface area contributed by atoms with Gasteiger partial charge in [0.15, 0.2) is 6.29 Å². The smallest absolute Gasteiger partial charge is 0.157 e. The van der Waals surface area contributed by atoms with Crippen molar-refractivity contribution in [2.24, 2.45) is 0 Å². The van der Waals surface area contributed by atoms with Crippen LogP contribution in [0.2, 0.25) is 0 Å². The van der Waals surface area contributed by atoms with Gasteiger partial charge >= 0.3 is 0 Å². The van der Waals surface area contributed by atoms with Crippen LogP contribution in [0.15, 0.2) is 60.7 Å². The van der Waals surface area contributed by atoms with Crippen molar-refractivity contribution in [1.82, 2.24) is 10.6 Å². The Hall–Kier alpha value is -1.33. The Kier molecular flexibility index (Phi) is 14.4. The lowest BCUT2D eigenvalue weighted by molar-refractivity contribution is -0.165. The molecule has 1 fully saturated rings. The van der Waals surface area contributed by atoms with Crippen LogP contribution in [-0.4, -0.2) is 44.6 Å². The molecular formula is C25H41N2O3P. The van der Waals surface area contributed by atoms with Gasteiger partial charge in [-0.25, -0.2) is 0 Å². The zero-order chi connectivity index (χ0) is 23.4. The first-order valence-electron chi connectivity index (χ1n) is 11.6. The van der Waals surface area contributed by atoms with Gasteiger partial charge in [0.2, 0.25) is 0 Å². The molecule has 0 spiro atoms. The largest absolute Gasteiger partial charge is 0.395 e. The topological polar surface area (TPSA) is 62.8 Å². The minimum atomic E-state index is 0.0136. The summed E-state index contributed by atoms with van der Waals surface area (Å²) in [6.45, 7) is 7.55. The number of aliphatic hydroxyl groups is 1. The second kappa shape index (κ2) is 17.3. The molecule has 0 saturated carbocycles. The zero-order valence-corrected chi connectivity index (χ0v) is 20.2. The predicted octanol–water partition coefficient (Wildman–Crippen LogP) is 3.92. The van der Waals surface area contributed by atoms with Crippen LogP contribution < -0.4 is 10.6 Å². The van der Waals surface area contributed by atoms with Gasteiger partial charge in [0.1, 0.15) is 0 Å². The molecule has 6 heteroatoms. The van der Waals surface area contributed by atoms with Crippen LogP contribution in [0.1, 0.15) is 44.2 Å². The molecule has 0 bridgehead atoms. The molecule has 2 unspecified atom stereocenters. The molecule has 1 aliphatic rings. The maximum absolute atomic E-state index is 8.75. The quantitative estimate of drug-likeness (QED) is 0.480. The van der Waals surface area contributed by atoms with Crippen molar-refractivity contribution in [3.8, 4) is 0 Å². The van der Waals surface area contributed by atoms with E-state index in [0.29, 0.717) is 12.6 Å². The first-order valence-corrected chi connectivity index (χ1v) is 11.1. The van der Waals surface area contributed by atoms with Gasteiger partial charge in [-0.15, -0.1) is 0 Å². The average Bonchev–Trinajstić information content (AvgIpc) is 2.88. The normalized spacial score (nSPS) is 17.8. The van der Waals surface area contributed by atoms with Crippen molar-refractivity contribution in [2.75, 3.05) is 19.8 Å². The maximum Gasteiger partial charge on any atom is 0.157 e. The first kappa shape index (κ1) is 25.9. The molecule has 2 aromatic rings. The van der Waals surface area contributed by atoms with Crippen molar-refractivity contribution >= 4 is 9.84 Å². The summed E-state index contributed by atoms with van der Waals surface area (Å²) in [6, 6.07) is 21.1. The highest BCUT2D eigenvalue weighted by Gasteiger charge is 2.15. The van der Waals surface area contributed by atoms with Crippen LogP contribution in [0, 0.1) is 0 Å². The minimum absolute atomic E-state index is 0.0136. The van der Waals surface area contributed by atoms with E-state index < -0.39 is 0 Å². The van der Waals surface area contributed by atoms with Crippen LogP contribution in [-0.2, 0) is 22.6 Å². The molecule has 1 heterocycles. The van der Waals surface area contributed by atoms with Gasteiger partial charge in [-0.05, 0) is 44.2 Å². The number of ether oxygens (including phenoxy) is 2. The summed E-state index contributed by atoms with van der Waals surface area (Å²) in [5.41, 5.74) is 2.55. The fourth-order valence-corrected chi connectivity index (χ4v) is 2.99. The molecule has 5 nitrogen and oxygen atoms in total. The number of rotatable bonds is 10. The summed E-state index contributed by atoms with van der Waals surface area (Å²) in [7, 11) is 1.67. The number of hydrogen-bond donors (Lipinski definition) is 3. The predicted molar refractivity (Wildman–Crippen MR) is 133 cm³/mol. The molecular weight excluding hydrogens is 407 g/mol. The molecule has 0 aromatic heterocycles. The standard InChI is InChI=1S/C15H23NO2.C10H15NO.H3P/c1-13(12-18-15-9-5-6-10-17-15)16-11-14-7-3-2-4-8-14;1-9(8-12)11-7-10-5-3-2-4-6-10;/h2-4,7-8,13,15-16H,5-6,9-12H2,1H3;2-6,9,11-12H,7-8H2,1H3;1H3/t13-,15?;9-;/m00./s1/i;;1D. The number of hydrogen-bond acceptors (Lipinski definition) is 5.